The van der Waals surface area contributed by atoms with Gasteiger partial charge in [-0.15, -0.1) is 0 Å². The Morgan fingerprint density at radius 1 is 1.40 bits per heavy atom. The zero-order valence-corrected chi connectivity index (χ0v) is 13.6. The predicted molar refractivity (Wildman–Crippen MR) is 84.2 cm³/mol. The summed E-state index contributed by atoms with van der Waals surface area (Å²) in [5.74, 6) is -1.67. The van der Waals surface area contributed by atoms with Gasteiger partial charge in [0.05, 0.1) is 15.7 Å². The monoisotopic (exact) mass is 361 g/mol. The first kappa shape index (κ1) is 15.6. The molecule has 2 rings (SSSR count). The van der Waals surface area contributed by atoms with Crippen LogP contribution in [0.2, 0.25) is 0 Å². The summed E-state index contributed by atoms with van der Waals surface area (Å²) in [6.07, 6.45) is 6.43. The van der Waals surface area contributed by atoms with Crippen molar-refractivity contribution in [3.8, 4) is 0 Å². The molecule has 0 aliphatic heterocycles. The summed E-state index contributed by atoms with van der Waals surface area (Å²) in [6, 6.07) is 3.19. The zero-order valence-electron chi connectivity index (χ0n) is 11.2. The Morgan fingerprint density at radius 3 is 2.60 bits per heavy atom. The van der Waals surface area contributed by atoms with Gasteiger partial charge in [-0.1, -0.05) is 0 Å². The van der Waals surface area contributed by atoms with Gasteiger partial charge in [0.15, 0.2) is 5.82 Å². The van der Waals surface area contributed by atoms with Crippen LogP contribution in [0.1, 0.15) is 36.0 Å². The second-order valence-electron chi connectivity index (χ2n) is 4.95. The maximum absolute atomic E-state index is 14.1. The Kier molecular flexibility index (Phi) is 5.32. The highest BCUT2D eigenvalue weighted by molar-refractivity contribution is 9.10. The van der Waals surface area contributed by atoms with Gasteiger partial charge in [-0.3, -0.25) is 0 Å². The fourth-order valence-corrected chi connectivity index (χ4v) is 3.75. The van der Waals surface area contributed by atoms with E-state index < -0.39 is 11.8 Å². The number of hydrogen-bond acceptors (Lipinski definition) is 3. The summed E-state index contributed by atoms with van der Waals surface area (Å²) < 4.78 is 14.2. The quantitative estimate of drug-likeness (QED) is 0.835. The minimum Gasteiger partial charge on any atom is -0.478 e. The van der Waals surface area contributed by atoms with Crippen LogP contribution in [-0.4, -0.2) is 28.6 Å². The number of carboxylic acids is 1. The minimum absolute atomic E-state index is 0.00722. The second kappa shape index (κ2) is 6.80. The van der Waals surface area contributed by atoms with Crippen molar-refractivity contribution in [2.24, 2.45) is 0 Å². The van der Waals surface area contributed by atoms with Crippen LogP contribution in [0.5, 0.6) is 0 Å². The van der Waals surface area contributed by atoms with Gasteiger partial charge in [-0.2, -0.15) is 11.8 Å². The predicted octanol–water partition coefficient (Wildman–Crippen LogP) is 4.37. The van der Waals surface area contributed by atoms with Crippen molar-refractivity contribution in [3.63, 3.8) is 0 Å². The van der Waals surface area contributed by atoms with Crippen molar-refractivity contribution in [2.75, 3.05) is 11.6 Å². The lowest BCUT2D eigenvalue weighted by Crippen LogP contribution is -2.27. The topological polar surface area (TPSA) is 49.3 Å². The van der Waals surface area contributed by atoms with Crippen LogP contribution < -0.4 is 5.32 Å². The fraction of sp³-hybridized carbons (Fsp3) is 0.500. The highest BCUT2D eigenvalue weighted by Gasteiger charge is 2.22. The summed E-state index contributed by atoms with van der Waals surface area (Å²) >= 11 is 4.91. The van der Waals surface area contributed by atoms with Gasteiger partial charge in [0.1, 0.15) is 0 Å². The van der Waals surface area contributed by atoms with Gasteiger partial charge in [-0.05, 0) is 60.0 Å². The number of rotatable bonds is 4. The molecule has 1 aromatic carbocycles. The number of carbonyl (C=O) groups is 1. The zero-order chi connectivity index (χ0) is 14.7. The lowest BCUT2D eigenvalue weighted by molar-refractivity contribution is 0.0695. The third kappa shape index (κ3) is 3.47. The van der Waals surface area contributed by atoms with Crippen LogP contribution in [-0.2, 0) is 0 Å². The summed E-state index contributed by atoms with van der Waals surface area (Å²) in [5.41, 5.74) is 0.314. The number of hydrogen-bond donors (Lipinski definition) is 2. The molecule has 1 fully saturated rings. The number of carboxylic acid groups (broad SMARTS) is 1. The number of thioether (sulfide) groups is 1. The smallest absolute Gasteiger partial charge is 0.336 e. The van der Waals surface area contributed by atoms with E-state index in [1.807, 2.05) is 11.8 Å². The van der Waals surface area contributed by atoms with Crippen LogP contribution in [0.4, 0.5) is 10.1 Å². The highest BCUT2D eigenvalue weighted by Crippen LogP contribution is 2.31. The molecule has 20 heavy (non-hydrogen) atoms. The molecule has 1 aromatic rings. The fourth-order valence-electron chi connectivity index (χ4n) is 2.49. The third-order valence-electron chi connectivity index (χ3n) is 3.68. The van der Waals surface area contributed by atoms with Crippen molar-refractivity contribution in [2.45, 2.75) is 37.0 Å². The van der Waals surface area contributed by atoms with E-state index in [0.29, 0.717) is 10.9 Å². The molecular formula is C14H17BrFNO2S. The molecular weight excluding hydrogens is 345 g/mol. The van der Waals surface area contributed by atoms with Crippen molar-refractivity contribution in [1.29, 1.82) is 0 Å². The Bertz CT molecular complexity index is 504. The van der Waals surface area contributed by atoms with E-state index in [1.54, 1.807) is 0 Å². The van der Waals surface area contributed by atoms with Gasteiger partial charge in [-0.25, -0.2) is 9.18 Å². The van der Waals surface area contributed by atoms with E-state index in [-0.39, 0.29) is 16.1 Å². The van der Waals surface area contributed by atoms with Crippen LogP contribution in [0, 0.1) is 5.82 Å². The maximum atomic E-state index is 14.1. The Morgan fingerprint density at radius 2 is 2.05 bits per heavy atom. The summed E-state index contributed by atoms with van der Waals surface area (Å²) in [4.78, 5) is 10.9. The number of benzene rings is 1. The molecule has 2 N–H and O–H groups in total. The molecule has 110 valence electrons. The molecule has 0 bridgehead atoms. The number of aromatic carboxylic acids is 1. The molecule has 0 amide bonds. The van der Waals surface area contributed by atoms with E-state index in [2.05, 4.69) is 27.5 Å². The third-order valence-corrected chi connectivity index (χ3v) is 5.59. The van der Waals surface area contributed by atoms with Crippen LogP contribution in [0.25, 0.3) is 0 Å². The summed E-state index contributed by atoms with van der Waals surface area (Å²) in [5, 5.41) is 12.8. The van der Waals surface area contributed by atoms with Crippen molar-refractivity contribution < 1.29 is 14.3 Å². The average Bonchev–Trinajstić information content (AvgIpc) is 2.44. The summed E-state index contributed by atoms with van der Waals surface area (Å²) in [7, 11) is 0. The van der Waals surface area contributed by atoms with E-state index in [0.717, 1.165) is 25.7 Å². The molecule has 1 saturated carbocycles. The normalized spacial score (nSPS) is 22.6. The number of nitrogens with one attached hydrogen (secondary N) is 1. The molecule has 0 unspecified atom stereocenters. The maximum Gasteiger partial charge on any atom is 0.336 e. The molecule has 1 aliphatic carbocycles. The summed E-state index contributed by atoms with van der Waals surface area (Å²) in [6.45, 7) is 0. The average molecular weight is 362 g/mol. The standard InChI is InChI=1S/C14H17BrFNO2S/c1-20-9-4-2-8(3-5-9)17-11-7-6-10(14(18)19)12(15)13(11)16/h6-9,17H,2-5H2,1H3,(H,18,19). The Hall–Kier alpha value is -0.750. The second-order valence-corrected chi connectivity index (χ2v) is 6.88. The van der Waals surface area contributed by atoms with E-state index in [1.165, 1.54) is 12.1 Å². The lowest BCUT2D eigenvalue weighted by atomic mass is 9.94. The van der Waals surface area contributed by atoms with Crippen molar-refractivity contribution >= 4 is 39.3 Å². The van der Waals surface area contributed by atoms with E-state index in [9.17, 15) is 9.18 Å². The molecule has 0 spiro atoms. The van der Waals surface area contributed by atoms with Gasteiger partial charge in [0.25, 0.3) is 0 Å². The first-order chi connectivity index (χ1) is 9.52. The van der Waals surface area contributed by atoms with Gasteiger partial charge < -0.3 is 10.4 Å². The molecule has 1 aliphatic rings. The van der Waals surface area contributed by atoms with E-state index >= 15 is 0 Å². The van der Waals surface area contributed by atoms with Gasteiger partial charge >= 0.3 is 5.97 Å². The van der Waals surface area contributed by atoms with Crippen LogP contribution in [0.3, 0.4) is 0 Å². The Labute approximate surface area is 130 Å². The molecule has 0 heterocycles. The highest BCUT2D eigenvalue weighted by atomic mass is 79.9. The molecule has 0 saturated heterocycles. The number of anilines is 1. The largest absolute Gasteiger partial charge is 0.478 e. The van der Waals surface area contributed by atoms with E-state index in [4.69, 9.17) is 5.11 Å². The molecule has 0 radical (unpaired) electrons. The SMILES string of the molecule is CSC1CCC(Nc2ccc(C(=O)O)c(Br)c2F)CC1. The van der Waals surface area contributed by atoms with Crippen molar-refractivity contribution in [1.82, 2.24) is 0 Å². The van der Waals surface area contributed by atoms with Gasteiger partial charge in [0, 0.05) is 11.3 Å². The first-order valence-corrected chi connectivity index (χ1v) is 8.61. The minimum atomic E-state index is -1.14. The Balaban J connectivity index is 2.07. The van der Waals surface area contributed by atoms with Gasteiger partial charge in [0.2, 0.25) is 0 Å². The molecule has 3 nitrogen and oxygen atoms in total. The van der Waals surface area contributed by atoms with Crippen molar-refractivity contribution in [3.05, 3.63) is 28.0 Å². The molecule has 0 aromatic heterocycles. The number of halogens is 2. The van der Waals surface area contributed by atoms with Crippen LogP contribution >= 0.6 is 27.7 Å². The molecule has 6 heteroatoms. The first-order valence-electron chi connectivity index (χ1n) is 6.53. The lowest BCUT2D eigenvalue weighted by Gasteiger charge is -2.29. The molecule has 0 atom stereocenters. The van der Waals surface area contributed by atoms with Crippen LogP contribution in [0.15, 0.2) is 16.6 Å².